The van der Waals surface area contributed by atoms with Gasteiger partial charge in [0.1, 0.15) is 0 Å². The van der Waals surface area contributed by atoms with E-state index in [2.05, 4.69) is 59.8 Å². The van der Waals surface area contributed by atoms with E-state index in [-0.39, 0.29) is 0 Å². The lowest BCUT2D eigenvalue weighted by molar-refractivity contribution is 0.525. The molecule has 0 aromatic carbocycles. The first-order valence-corrected chi connectivity index (χ1v) is 7.77. The highest BCUT2D eigenvalue weighted by Gasteiger charge is 2.12. The number of hydrogen-bond donors (Lipinski definition) is 1. The predicted octanol–water partition coefficient (Wildman–Crippen LogP) is 4.75. The Morgan fingerprint density at radius 3 is 2.81 bits per heavy atom. The van der Waals surface area contributed by atoms with Crippen molar-refractivity contribution < 1.29 is 0 Å². The number of thiophene rings is 1. The van der Waals surface area contributed by atoms with Gasteiger partial charge in [-0.05, 0) is 65.4 Å². The first kappa shape index (κ1) is 14.2. The van der Waals surface area contributed by atoms with Gasteiger partial charge in [0.05, 0.1) is 2.88 Å². The third kappa shape index (κ3) is 4.55. The van der Waals surface area contributed by atoms with Gasteiger partial charge in [0.15, 0.2) is 0 Å². The van der Waals surface area contributed by atoms with Gasteiger partial charge in [-0.1, -0.05) is 26.0 Å². The maximum atomic E-state index is 4.11. The molecule has 90 valence electrons. The Hall–Kier alpha value is 0.130. The van der Waals surface area contributed by atoms with Gasteiger partial charge >= 0.3 is 0 Å². The summed E-state index contributed by atoms with van der Waals surface area (Å²) in [5.74, 6) is 0. The van der Waals surface area contributed by atoms with Gasteiger partial charge in [-0.2, -0.15) is 0 Å². The van der Waals surface area contributed by atoms with E-state index >= 15 is 0 Å². The second-order valence-corrected chi connectivity index (χ2v) is 6.80. The summed E-state index contributed by atoms with van der Waals surface area (Å²) >= 11 is 4.20. The van der Waals surface area contributed by atoms with E-state index in [1.54, 1.807) is 0 Å². The molecule has 0 amide bonds. The topological polar surface area (TPSA) is 12.0 Å². The summed E-state index contributed by atoms with van der Waals surface area (Å²) in [5.41, 5.74) is 2.74. The van der Waals surface area contributed by atoms with Crippen LogP contribution in [0.4, 0.5) is 0 Å². The van der Waals surface area contributed by atoms with Crippen molar-refractivity contribution in [3.63, 3.8) is 0 Å². The molecular formula is C13H20INS. The maximum absolute atomic E-state index is 4.11. The molecule has 1 rings (SSSR count). The molecule has 1 unspecified atom stereocenters. The molecule has 0 bridgehead atoms. The SMILES string of the molecule is C=C(CC)CC(NCCC)c1csc(I)c1. The Labute approximate surface area is 116 Å². The molecular weight excluding hydrogens is 329 g/mol. The fourth-order valence-electron chi connectivity index (χ4n) is 1.57. The van der Waals surface area contributed by atoms with Crippen LogP contribution in [0, 0.1) is 2.88 Å². The summed E-state index contributed by atoms with van der Waals surface area (Å²) in [4.78, 5) is 0. The van der Waals surface area contributed by atoms with Crippen LogP contribution in [-0.2, 0) is 0 Å². The lowest BCUT2D eigenvalue weighted by atomic mass is 10.0. The highest BCUT2D eigenvalue weighted by molar-refractivity contribution is 14.1. The van der Waals surface area contributed by atoms with Crippen LogP contribution in [-0.4, -0.2) is 6.54 Å². The molecule has 0 saturated heterocycles. The average Bonchev–Trinajstić information content (AvgIpc) is 2.70. The molecule has 0 saturated carbocycles. The summed E-state index contributed by atoms with van der Waals surface area (Å²) in [6, 6.07) is 2.73. The van der Waals surface area contributed by atoms with Gasteiger partial charge in [0, 0.05) is 6.04 Å². The molecule has 1 heterocycles. The summed E-state index contributed by atoms with van der Waals surface area (Å²) in [7, 11) is 0. The zero-order valence-electron chi connectivity index (χ0n) is 10.1. The summed E-state index contributed by atoms with van der Waals surface area (Å²) in [5, 5.41) is 5.87. The van der Waals surface area contributed by atoms with E-state index in [0.29, 0.717) is 6.04 Å². The van der Waals surface area contributed by atoms with Crippen LogP contribution < -0.4 is 5.32 Å². The zero-order chi connectivity index (χ0) is 12.0. The van der Waals surface area contributed by atoms with E-state index in [1.807, 2.05) is 11.3 Å². The fraction of sp³-hybridized carbons (Fsp3) is 0.538. The number of rotatable bonds is 7. The standard InChI is InChI=1S/C13H20INS/c1-4-6-15-12(7-10(3)5-2)11-8-13(14)16-9-11/h8-9,12,15H,3-7H2,1-2H3. The number of halogens is 1. The second kappa shape index (κ2) is 7.45. The second-order valence-electron chi connectivity index (χ2n) is 4.00. The molecule has 0 radical (unpaired) electrons. The minimum Gasteiger partial charge on any atom is -0.310 e. The van der Waals surface area contributed by atoms with Crippen molar-refractivity contribution in [2.45, 2.75) is 39.2 Å². The first-order chi connectivity index (χ1) is 7.67. The van der Waals surface area contributed by atoms with Gasteiger partial charge < -0.3 is 5.32 Å². The molecule has 16 heavy (non-hydrogen) atoms. The highest BCUT2D eigenvalue weighted by atomic mass is 127. The molecule has 1 N–H and O–H groups in total. The molecule has 0 aliphatic rings. The third-order valence-corrected chi connectivity index (χ3v) is 4.43. The Balaban J connectivity index is 2.66. The predicted molar refractivity (Wildman–Crippen MR) is 82.1 cm³/mol. The first-order valence-electron chi connectivity index (χ1n) is 5.81. The highest BCUT2D eigenvalue weighted by Crippen LogP contribution is 2.27. The van der Waals surface area contributed by atoms with E-state index in [9.17, 15) is 0 Å². The lowest BCUT2D eigenvalue weighted by Gasteiger charge is -2.18. The van der Waals surface area contributed by atoms with E-state index in [1.165, 1.54) is 20.4 Å². The summed E-state index contributed by atoms with van der Waals surface area (Å²) in [6.45, 7) is 9.57. The minimum absolute atomic E-state index is 0.451. The molecule has 1 aromatic heterocycles. The largest absolute Gasteiger partial charge is 0.310 e. The molecule has 0 spiro atoms. The molecule has 0 aliphatic heterocycles. The normalized spacial score (nSPS) is 12.7. The Kier molecular flexibility index (Phi) is 6.61. The Bertz CT molecular complexity index is 332. The van der Waals surface area contributed by atoms with Gasteiger partial charge in [-0.25, -0.2) is 0 Å². The quantitative estimate of drug-likeness (QED) is 0.553. The van der Waals surface area contributed by atoms with Crippen molar-refractivity contribution in [3.05, 3.63) is 32.0 Å². The van der Waals surface area contributed by atoms with E-state index < -0.39 is 0 Å². The molecule has 0 fully saturated rings. The Morgan fingerprint density at radius 1 is 1.56 bits per heavy atom. The van der Waals surface area contributed by atoms with Crippen LogP contribution in [0.3, 0.4) is 0 Å². The molecule has 0 aliphatic carbocycles. The van der Waals surface area contributed by atoms with Crippen LogP contribution in [0.15, 0.2) is 23.6 Å². The van der Waals surface area contributed by atoms with Crippen molar-refractivity contribution in [2.75, 3.05) is 6.54 Å². The van der Waals surface area contributed by atoms with Crippen molar-refractivity contribution in [3.8, 4) is 0 Å². The van der Waals surface area contributed by atoms with Crippen molar-refractivity contribution >= 4 is 33.9 Å². The molecule has 1 atom stereocenters. The van der Waals surface area contributed by atoms with Crippen LogP contribution in [0.1, 0.15) is 44.7 Å². The molecule has 1 nitrogen and oxygen atoms in total. The van der Waals surface area contributed by atoms with Gasteiger partial charge in [0.25, 0.3) is 0 Å². The van der Waals surface area contributed by atoms with Crippen LogP contribution in [0.25, 0.3) is 0 Å². The smallest absolute Gasteiger partial charge is 0.0656 e. The zero-order valence-corrected chi connectivity index (χ0v) is 13.0. The average molecular weight is 349 g/mol. The van der Waals surface area contributed by atoms with Gasteiger partial charge in [-0.3, -0.25) is 0 Å². The molecule has 3 heteroatoms. The fourth-order valence-corrected chi connectivity index (χ4v) is 2.99. The molecule has 1 aromatic rings. The van der Waals surface area contributed by atoms with Crippen molar-refractivity contribution in [1.82, 2.24) is 5.32 Å². The summed E-state index contributed by atoms with van der Waals surface area (Å²) in [6.07, 6.45) is 3.31. The van der Waals surface area contributed by atoms with Crippen LogP contribution >= 0.6 is 33.9 Å². The number of hydrogen-bond acceptors (Lipinski definition) is 2. The summed E-state index contributed by atoms with van der Waals surface area (Å²) < 4.78 is 1.36. The van der Waals surface area contributed by atoms with Crippen molar-refractivity contribution in [1.29, 1.82) is 0 Å². The number of nitrogens with one attached hydrogen (secondary N) is 1. The van der Waals surface area contributed by atoms with E-state index in [0.717, 1.165) is 19.4 Å². The maximum Gasteiger partial charge on any atom is 0.0656 e. The van der Waals surface area contributed by atoms with Crippen LogP contribution in [0.5, 0.6) is 0 Å². The lowest BCUT2D eigenvalue weighted by Crippen LogP contribution is -2.22. The van der Waals surface area contributed by atoms with Crippen LogP contribution in [0.2, 0.25) is 0 Å². The van der Waals surface area contributed by atoms with Gasteiger partial charge in [-0.15, -0.1) is 11.3 Å². The Morgan fingerprint density at radius 2 is 2.31 bits per heavy atom. The van der Waals surface area contributed by atoms with Crippen molar-refractivity contribution in [2.24, 2.45) is 0 Å². The van der Waals surface area contributed by atoms with E-state index in [4.69, 9.17) is 0 Å². The van der Waals surface area contributed by atoms with Gasteiger partial charge in [0.2, 0.25) is 0 Å². The minimum atomic E-state index is 0.451. The monoisotopic (exact) mass is 349 g/mol. The third-order valence-electron chi connectivity index (χ3n) is 2.62.